The van der Waals surface area contributed by atoms with Crippen molar-refractivity contribution in [1.82, 2.24) is 16.0 Å². The van der Waals surface area contributed by atoms with E-state index in [0.29, 0.717) is 25.8 Å². The number of hydrogen-bond acceptors (Lipinski definition) is 6. The van der Waals surface area contributed by atoms with Crippen LogP contribution in [0, 0.1) is 11.3 Å². The van der Waals surface area contributed by atoms with E-state index in [1.165, 1.54) is 6.92 Å². The number of carbonyl (C=O) groups is 2. The Morgan fingerprint density at radius 1 is 1.19 bits per heavy atom. The SMILES string of the molecule is CC(C)C[C@H](NC(=O)[C@@H](N)[C@@H](C)O)C(=O)N[C@@H]([C]=O)CCCNC(=N)N. The molecular weight excluding hydrogens is 340 g/mol. The van der Waals surface area contributed by atoms with E-state index in [2.05, 4.69) is 16.0 Å². The van der Waals surface area contributed by atoms with E-state index in [1.54, 1.807) is 6.29 Å². The number of nitrogens with one attached hydrogen (secondary N) is 4. The van der Waals surface area contributed by atoms with E-state index in [-0.39, 0.29) is 11.9 Å². The van der Waals surface area contributed by atoms with Gasteiger partial charge in [-0.15, -0.1) is 0 Å². The Bertz CT molecular complexity index is 483. The number of aliphatic hydroxyl groups excluding tert-OH is 1. The third-order valence-corrected chi connectivity index (χ3v) is 3.61. The predicted molar refractivity (Wildman–Crippen MR) is 97.8 cm³/mol. The lowest BCUT2D eigenvalue weighted by Crippen LogP contribution is -2.56. The molecule has 0 aliphatic heterocycles. The second-order valence-electron chi connectivity index (χ2n) is 6.62. The maximum Gasteiger partial charge on any atom is 0.243 e. The molecule has 4 atom stereocenters. The van der Waals surface area contributed by atoms with Gasteiger partial charge in [0.15, 0.2) is 5.96 Å². The van der Waals surface area contributed by atoms with Gasteiger partial charge in [-0.1, -0.05) is 13.8 Å². The fourth-order valence-corrected chi connectivity index (χ4v) is 2.15. The van der Waals surface area contributed by atoms with E-state index in [4.69, 9.17) is 16.9 Å². The standard InChI is InChI=1S/C16H31N6O4/c1-9(2)7-12(22-15(26)13(17)10(3)24)14(25)21-11(8-23)5-4-6-20-16(18)19/h9-13,24H,4-7,17H2,1-3H3,(H,21,25)(H,22,26)(H4,18,19,20)/t10-,11-,12+,13+/m1/s1. The van der Waals surface area contributed by atoms with Crippen LogP contribution in [-0.4, -0.2) is 59.9 Å². The first-order chi connectivity index (χ1) is 12.1. The van der Waals surface area contributed by atoms with Crippen LogP contribution >= 0.6 is 0 Å². The number of hydrogen-bond donors (Lipinski definition) is 7. The zero-order valence-corrected chi connectivity index (χ0v) is 15.5. The zero-order chi connectivity index (χ0) is 20.3. The van der Waals surface area contributed by atoms with Crippen molar-refractivity contribution in [3.8, 4) is 0 Å². The first-order valence-corrected chi connectivity index (χ1v) is 8.58. The number of amides is 2. The molecule has 0 aromatic carbocycles. The molecule has 10 heteroatoms. The summed E-state index contributed by atoms with van der Waals surface area (Å²) in [6.07, 6.45) is 1.85. The van der Waals surface area contributed by atoms with Gasteiger partial charge in [-0.2, -0.15) is 0 Å². The van der Waals surface area contributed by atoms with Gasteiger partial charge in [-0.25, -0.2) is 0 Å². The van der Waals surface area contributed by atoms with Crippen molar-refractivity contribution >= 4 is 24.1 Å². The van der Waals surface area contributed by atoms with Crippen LogP contribution in [-0.2, 0) is 14.4 Å². The molecular formula is C16H31N6O4. The molecule has 0 aliphatic carbocycles. The minimum Gasteiger partial charge on any atom is -0.391 e. The molecule has 0 saturated carbocycles. The Balaban J connectivity index is 4.76. The van der Waals surface area contributed by atoms with Gasteiger partial charge in [-0.3, -0.25) is 19.8 Å². The smallest absolute Gasteiger partial charge is 0.243 e. The number of guanidine groups is 1. The summed E-state index contributed by atoms with van der Waals surface area (Å²) < 4.78 is 0. The molecule has 26 heavy (non-hydrogen) atoms. The second kappa shape index (κ2) is 12.2. The highest BCUT2D eigenvalue weighted by Crippen LogP contribution is 2.07. The van der Waals surface area contributed by atoms with Crippen LogP contribution in [0.5, 0.6) is 0 Å². The summed E-state index contributed by atoms with van der Waals surface area (Å²) in [6.45, 7) is 5.54. The molecule has 149 valence electrons. The summed E-state index contributed by atoms with van der Waals surface area (Å²) in [4.78, 5) is 35.5. The van der Waals surface area contributed by atoms with Gasteiger partial charge in [0, 0.05) is 6.54 Å². The van der Waals surface area contributed by atoms with Gasteiger partial charge in [0.1, 0.15) is 12.1 Å². The highest BCUT2D eigenvalue weighted by Gasteiger charge is 2.27. The van der Waals surface area contributed by atoms with Crippen molar-refractivity contribution in [2.24, 2.45) is 17.4 Å². The minimum atomic E-state index is -1.15. The average Bonchev–Trinajstić information content (AvgIpc) is 2.55. The maximum atomic E-state index is 12.4. The lowest BCUT2D eigenvalue weighted by molar-refractivity contribution is -0.131. The van der Waals surface area contributed by atoms with Gasteiger partial charge in [0.2, 0.25) is 18.1 Å². The molecule has 0 bridgehead atoms. The number of carbonyl (C=O) groups excluding carboxylic acids is 3. The molecule has 0 saturated heterocycles. The number of rotatable bonds is 12. The van der Waals surface area contributed by atoms with Crippen molar-refractivity contribution < 1.29 is 19.5 Å². The molecule has 0 spiro atoms. The van der Waals surface area contributed by atoms with Crippen molar-refractivity contribution in [1.29, 1.82) is 5.41 Å². The fraction of sp³-hybridized carbons (Fsp3) is 0.750. The maximum absolute atomic E-state index is 12.4. The highest BCUT2D eigenvalue weighted by atomic mass is 16.3. The predicted octanol–water partition coefficient (Wildman–Crippen LogP) is -1.92. The molecule has 0 unspecified atom stereocenters. The monoisotopic (exact) mass is 371 g/mol. The molecule has 0 fully saturated rings. The van der Waals surface area contributed by atoms with Crippen molar-refractivity contribution in [2.75, 3.05) is 6.54 Å². The summed E-state index contributed by atoms with van der Waals surface area (Å²) in [5.41, 5.74) is 10.7. The molecule has 1 radical (unpaired) electrons. The Morgan fingerprint density at radius 2 is 1.81 bits per heavy atom. The molecule has 0 heterocycles. The van der Waals surface area contributed by atoms with Crippen LogP contribution in [0.3, 0.4) is 0 Å². The lowest BCUT2D eigenvalue weighted by Gasteiger charge is -2.24. The topological polar surface area (TPSA) is 183 Å². The van der Waals surface area contributed by atoms with Crippen LogP contribution in [0.2, 0.25) is 0 Å². The molecule has 2 amide bonds. The zero-order valence-electron chi connectivity index (χ0n) is 15.5. The Labute approximate surface area is 154 Å². The third kappa shape index (κ3) is 9.94. The largest absolute Gasteiger partial charge is 0.391 e. The Hall–Kier alpha value is -2.20. The highest BCUT2D eigenvalue weighted by molar-refractivity contribution is 5.91. The van der Waals surface area contributed by atoms with Gasteiger partial charge >= 0.3 is 0 Å². The van der Waals surface area contributed by atoms with E-state index in [0.717, 1.165) is 0 Å². The molecule has 0 aliphatic rings. The summed E-state index contributed by atoms with van der Waals surface area (Å²) in [6, 6.07) is -2.87. The van der Waals surface area contributed by atoms with E-state index >= 15 is 0 Å². The van der Waals surface area contributed by atoms with Gasteiger partial charge in [0.25, 0.3) is 0 Å². The van der Waals surface area contributed by atoms with Gasteiger partial charge in [0.05, 0.1) is 12.1 Å². The average molecular weight is 371 g/mol. The summed E-state index contributed by atoms with van der Waals surface area (Å²) in [5.74, 6) is -1.22. The fourth-order valence-electron chi connectivity index (χ4n) is 2.15. The third-order valence-electron chi connectivity index (χ3n) is 3.61. The van der Waals surface area contributed by atoms with Gasteiger partial charge in [-0.05, 0) is 32.1 Å². The van der Waals surface area contributed by atoms with Crippen molar-refractivity contribution in [3.63, 3.8) is 0 Å². The lowest BCUT2D eigenvalue weighted by atomic mass is 10.0. The van der Waals surface area contributed by atoms with Crippen molar-refractivity contribution in [3.05, 3.63) is 0 Å². The van der Waals surface area contributed by atoms with E-state index in [1.807, 2.05) is 13.8 Å². The molecule has 9 N–H and O–H groups in total. The van der Waals surface area contributed by atoms with Crippen LogP contribution in [0.25, 0.3) is 0 Å². The normalized spacial score (nSPS) is 15.5. The molecule has 0 aromatic rings. The molecule has 0 aromatic heterocycles. The quantitative estimate of drug-likeness (QED) is 0.118. The number of nitrogens with two attached hydrogens (primary N) is 2. The summed E-state index contributed by atoms with van der Waals surface area (Å²) in [5, 5.41) is 24.1. The first kappa shape index (κ1) is 23.8. The van der Waals surface area contributed by atoms with Crippen LogP contribution in [0.15, 0.2) is 0 Å². The molecule has 0 rings (SSSR count). The second-order valence-corrected chi connectivity index (χ2v) is 6.62. The number of aliphatic hydroxyl groups is 1. The summed E-state index contributed by atoms with van der Waals surface area (Å²) in [7, 11) is 0. The van der Waals surface area contributed by atoms with E-state index < -0.39 is 36.0 Å². The van der Waals surface area contributed by atoms with E-state index in [9.17, 15) is 19.5 Å². The van der Waals surface area contributed by atoms with Crippen LogP contribution < -0.4 is 27.4 Å². The minimum absolute atomic E-state index is 0.104. The van der Waals surface area contributed by atoms with Crippen LogP contribution in [0.4, 0.5) is 0 Å². The Morgan fingerprint density at radius 3 is 2.27 bits per heavy atom. The first-order valence-electron chi connectivity index (χ1n) is 8.58. The molecule has 10 nitrogen and oxygen atoms in total. The van der Waals surface area contributed by atoms with Gasteiger partial charge < -0.3 is 32.5 Å². The Kier molecular flexibility index (Phi) is 11.2. The summed E-state index contributed by atoms with van der Waals surface area (Å²) >= 11 is 0. The van der Waals surface area contributed by atoms with Crippen LogP contribution in [0.1, 0.15) is 40.0 Å². The van der Waals surface area contributed by atoms with Crippen molar-refractivity contribution in [2.45, 2.75) is 64.3 Å².